The second-order valence-electron chi connectivity index (χ2n) is 5.61. The van der Waals surface area contributed by atoms with E-state index in [9.17, 15) is 9.00 Å². The highest BCUT2D eigenvalue weighted by Gasteiger charge is 2.32. The normalized spacial score (nSPS) is 20.8. The van der Waals surface area contributed by atoms with E-state index in [4.69, 9.17) is 4.74 Å². The Bertz CT molecular complexity index is 765. The van der Waals surface area contributed by atoms with Gasteiger partial charge in [0.05, 0.1) is 12.2 Å². The molecule has 0 N–H and O–H groups in total. The molecule has 2 heterocycles. The fraction of sp³-hybridized carbons (Fsp3) is 0.375. The quantitative estimate of drug-likeness (QED) is 0.770. The number of aryl methyl sites for hydroxylation is 1. The van der Waals surface area contributed by atoms with Crippen LogP contribution in [-0.4, -0.2) is 49.5 Å². The zero-order chi connectivity index (χ0) is 17.1. The summed E-state index contributed by atoms with van der Waals surface area (Å²) >= 11 is 3.38. The number of carbonyl (C=O) groups is 1. The van der Waals surface area contributed by atoms with Crippen LogP contribution in [0, 0.1) is 0 Å². The first kappa shape index (κ1) is 17.2. The molecule has 1 aliphatic heterocycles. The van der Waals surface area contributed by atoms with E-state index in [2.05, 4.69) is 21.0 Å². The minimum absolute atomic E-state index is 0.0418. The lowest BCUT2D eigenvalue weighted by Crippen LogP contribution is -2.46. The molecule has 0 spiro atoms. The molecule has 8 heteroatoms. The van der Waals surface area contributed by atoms with Crippen LogP contribution in [0.4, 0.5) is 0 Å². The first-order valence-electron chi connectivity index (χ1n) is 7.54. The Hall–Kier alpha value is -1.67. The number of nitrogens with zero attached hydrogens (tertiary/aromatic N) is 3. The van der Waals surface area contributed by atoms with Gasteiger partial charge in [0, 0.05) is 52.1 Å². The van der Waals surface area contributed by atoms with Crippen molar-refractivity contribution in [1.82, 2.24) is 14.7 Å². The number of ether oxygens (including phenoxy) is 1. The number of rotatable bonds is 4. The largest absolute Gasteiger partial charge is 0.484 e. The van der Waals surface area contributed by atoms with E-state index in [1.165, 1.54) is 0 Å². The number of hydrogen-bond donors (Lipinski definition) is 0. The van der Waals surface area contributed by atoms with E-state index in [0.717, 1.165) is 10.0 Å². The highest BCUT2D eigenvalue weighted by atomic mass is 79.9. The van der Waals surface area contributed by atoms with Gasteiger partial charge in [0.2, 0.25) is 0 Å². The second-order valence-corrected chi connectivity index (χ2v) is 8.14. The third-order valence-corrected chi connectivity index (χ3v) is 5.69. The van der Waals surface area contributed by atoms with E-state index in [-0.39, 0.29) is 18.6 Å². The minimum Gasteiger partial charge on any atom is -0.484 e. The predicted octanol–water partition coefficient (Wildman–Crippen LogP) is 1.89. The molecule has 1 aliphatic rings. The van der Waals surface area contributed by atoms with Crippen LogP contribution in [-0.2, 0) is 22.6 Å². The topological polar surface area (TPSA) is 64.4 Å². The van der Waals surface area contributed by atoms with Gasteiger partial charge in [-0.15, -0.1) is 0 Å². The molecule has 1 fully saturated rings. The molecule has 3 rings (SSSR count). The summed E-state index contributed by atoms with van der Waals surface area (Å²) in [7, 11) is 0.906. The van der Waals surface area contributed by atoms with E-state index >= 15 is 0 Å². The molecule has 1 aromatic carbocycles. The van der Waals surface area contributed by atoms with Crippen molar-refractivity contribution in [2.24, 2.45) is 7.05 Å². The summed E-state index contributed by atoms with van der Waals surface area (Å²) in [6, 6.07) is 7.16. The van der Waals surface area contributed by atoms with Crippen molar-refractivity contribution < 1.29 is 13.7 Å². The summed E-state index contributed by atoms with van der Waals surface area (Å²) in [5.41, 5.74) is 0.904. The van der Waals surface area contributed by atoms with Crippen LogP contribution in [0.2, 0.25) is 0 Å². The van der Waals surface area contributed by atoms with Crippen molar-refractivity contribution in [1.29, 1.82) is 0 Å². The monoisotopic (exact) mass is 411 g/mol. The Balaban J connectivity index is 1.70. The summed E-state index contributed by atoms with van der Waals surface area (Å²) < 4.78 is 20.1. The van der Waals surface area contributed by atoms with E-state index in [1.807, 2.05) is 37.5 Å². The number of hydrogen-bond acceptors (Lipinski definition) is 4. The number of amides is 1. The standard InChI is InChI=1S/C16H18BrN3O3S/c1-19-9-12(8-18-19)15-11-24(22)6-5-20(15)16(21)10-23-14-4-2-3-13(17)7-14/h2-4,7-9,15H,5-6,10-11H2,1H3/t15-,24-/m1/s1. The molecule has 0 saturated carbocycles. The van der Waals surface area contributed by atoms with Crippen LogP contribution in [0.5, 0.6) is 5.75 Å². The highest BCUT2D eigenvalue weighted by molar-refractivity contribution is 9.10. The van der Waals surface area contributed by atoms with Crippen LogP contribution in [0.25, 0.3) is 0 Å². The maximum absolute atomic E-state index is 12.6. The van der Waals surface area contributed by atoms with Crippen molar-refractivity contribution in [3.8, 4) is 5.75 Å². The Morgan fingerprint density at radius 2 is 2.33 bits per heavy atom. The number of aromatic nitrogens is 2. The molecule has 1 saturated heterocycles. The molecular weight excluding hydrogens is 394 g/mol. The summed E-state index contributed by atoms with van der Waals surface area (Å²) in [5, 5.41) is 4.16. The summed E-state index contributed by atoms with van der Waals surface area (Å²) in [6.07, 6.45) is 3.59. The predicted molar refractivity (Wildman–Crippen MR) is 95.2 cm³/mol. The molecule has 0 radical (unpaired) electrons. The number of benzene rings is 1. The van der Waals surface area contributed by atoms with Gasteiger partial charge in [-0.25, -0.2) is 0 Å². The molecular formula is C16H18BrN3O3S. The molecule has 1 amide bonds. The lowest BCUT2D eigenvalue weighted by Gasteiger charge is -2.34. The van der Waals surface area contributed by atoms with Gasteiger partial charge in [0.25, 0.3) is 5.91 Å². The molecule has 6 nitrogen and oxygen atoms in total. The van der Waals surface area contributed by atoms with Crippen molar-refractivity contribution in [3.05, 3.63) is 46.7 Å². The van der Waals surface area contributed by atoms with Gasteiger partial charge in [-0.2, -0.15) is 5.10 Å². The van der Waals surface area contributed by atoms with Crippen molar-refractivity contribution >= 4 is 32.6 Å². The molecule has 0 aliphatic carbocycles. The molecule has 0 bridgehead atoms. The van der Waals surface area contributed by atoms with Gasteiger partial charge in [0.1, 0.15) is 5.75 Å². The van der Waals surface area contributed by atoms with Crippen molar-refractivity contribution in [2.75, 3.05) is 24.7 Å². The van der Waals surface area contributed by atoms with Gasteiger partial charge < -0.3 is 9.64 Å². The highest BCUT2D eigenvalue weighted by Crippen LogP contribution is 2.25. The third-order valence-electron chi connectivity index (χ3n) is 3.87. The molecule has 1 aromatic heterocycles. The maximum Gasteiger partial charge on any atom is 0.261 e. The average Bonchev–Trinajstić information content (AvgIpc) is 2.99. The van der Waals surface area contributed by atoms with Gasteiger partial charge >= 0.3 is 0 Å². The van der Waals surface area contributed by atoms with Crippen LogP contribution < -0.4 is 4.74 Å². The van der Waals surface area contributed by atoms with E-state index in [1.54, 1.807) is 15.8 Å². The smallest absolute Gasteiger partial charge is 0.261 e. The Kier molecular flexibility index (Phi) is 5.35. The van der Waals surface area contributed by atoms with Gasteiger partial charge in [-0.05, 0) is 18.2 Å². The zero-order valence-corrected chi connectivity index (χ0v) is 15.6. The van der Waals surface area contributed by atoms with Crippen LogP contribution in [0.15, 0.2) is 41.1 Å². The molecule has 0 unspecified atom stereocenters. The minimum atomic E-state index is -0.920. The maximum atomic E-state index is 12.6. The van der Waals surface area contributed by atoms with Gasteiger partial charge in [-0.3, -0.25) is 13.7 Å². The molecule has 24 heavy (non-hydrogen) atoms. The third kappa shape index (κ3) is 4.05. The Labute approximate surface area is 151 Å². The molecule has 2 aromatic rings. The van der Waals surface area contributed by atoms with Crippen molar-refractivity contribution in [3.63, 3.8) is 0 Å². The summed E-state index contributed by atoms with van der Waals surface area (Å²) in [5.74, 6) is 1.46. The van der Waals surface area contributed by atoms with Gasteiger partial charge in [-0.1, -0.05) is 22.0 Å². The molecule has 2 atom stereocenters. The van der Waals surface area contributed by atoms with Crippen molar-refractivity contribution in [2.45, 2.75) is 6.04 Å². The van der Waals surface area contributed by atoms with E-state index in [0.29, 0.717) is 23.8 Å². The first-order valence-corrected chi connectivity index (χ1v) is 9.82. The van der Waals surface area contributed by atoms with E-state index < -0.39 is 10.8 Å². The van der Waals surface area contributed by atoms with Crippen LogP contribution in [0.3, 0.4) is 0 Å². The average molecular weight is 412 g/mol. The molecule has 128 valence electrons. The number of halogens is 1. The number of carbonyl (C=O) groups excluding carboxylic acids is 1. The first-order chi connectivity index (χ1) is 11.5. The lowest BCUT2D eigenvalue weighted by atomic mass is 10.1. The fourth-order valence-corrected chi connectivity index (χ4v) is 4.35. The second kappa shape index (κ2) is 7.48. The van der Waals surface area contributed by atoms with Crippen LogP contribution >= 0.6 is 15.9 Å². The Morgan fingerprint density at radius 3 is 3.04 bits per heavy atom. The van der Waals surface area contributed by atoms with Crippen LogP contribution in [0.1, 0.15) is 11.6 Å². The lowest BCUT2D eigenvalue weighted by molar-refractivity contribution is -0.135. The fourth-order valence-electron chi connectivity index (χ4n) is 2.68. The van der Waals surface area contributed by atoms with Gasteiger partial charge in [0.15, 0.2) is 6.61 Å². The SMILES string of the molecule is Cn1cc([C@H]2C[S@](=O)CCN2C(=O)COc2cccc(Br)c2)cn1. The summed E-state index contributed by atoms with van der Waals surface area (Å²) in [4.78, 5) is 14.4. The Morgan fingerprint density at radius 1 is 1.50 bits per heavy atom. The summed E-state index contributed by atoms with van der Waals surface area (Å²) in [6.45, 7) is 0.423. The zero-order valence-electron chi connectivity index (χ0n) is 13.2.